The Balaban J connectivity index is 1.60. The van der Waals surface area contributed by atoms with E-state index in [1.165, 1.54) is 17.0 Å². The summed E-state index contributed by atoms with van der Waals surface area (Å²) in [4.78, 5) is 19.7. The molecular weight excluding hydrogens is 286 g/mol. The number of benzene rings is 1. The molecule has 2 heterocycles. The summed E-state index contributed by atoms with van der Waals surface area (Å²) in [6.07, 6.45) is 0.000477. The molecule has 0 amide bonds. The molecule has 21 heavy (non-hydrogen) atoms. The minimum atomic E-state index is -0.833. The summed E-state index contributed by atoms with van der Waals surface area (Å²) in [5.74, 6) is -0.833. The third-order valence-electron chi connectivity index (χ3n) is 3.54. The van der Waals surface area contributed by atoms with Gasteiger partial charge in [0.05, 0.1) is 12.1 Å². The summed E-state index contributed by atoms with van der Waals surface area (Å²) in [6, 6.07) is 10.4. The molecule has 3 rings (SSSR count). The number of thiazole rings is 1. The summed E-state index contributed by atoms with van der Waals surface area (Å²) in [6.45, 7) is 3.74. The summed E-state index contributed by atoms with van der Waals surface area (Å²) in [5.41, 5.74) is 1.90. The Kier molecular flexibility index (Phi) is 4.06. The highest BCUT2D eigenvalue weighted by Crippen LogP contribution is 2.23. The van der Waals surface area contributed by atoms with Gasteiger partial charge in [-0.1, -0.05) is 18.2 Å². The molecule has 0 bridgehead atoms. The molecule has 5 nitrogen and oxygen atoms in total. The average Bonchev–Trinajstić information content (AvgIpc) is 2.96. The lowest BCUT2D eigenvalue weighted by Gasteiger charge is -2.36. The van der Waals surface area contributed by atoms with Crippen molar-refractivity contribution in [2.45, 2.75) is 6.42 Å². The largest absolute Gasteiger partial charge is 0.481 e. The number of para-hydroxylation sites is 1. The van der Waals surface area contributed by atoms with Crippen molar-refractivity contribution in [2.24, 2.45) is 0 Å². The van der Waals surface area contributed by atoms with E-state index in [1.54, 1.807) is 0 Å². The van der Waals surface area contributed by atoms with E-state index in [0.29, 0.717) is 5.69 Å². The van der Waals surface area contributed by atoms with E-state index < -0.39 is 5.97 Å². The molecule has 1 saturated heterocycles. The van der Waals surface area contributed by atoms with E-state index in [0.717, 1.165) is 31.3 Å². The van der Waals surface area contributed by atoms with E-state index in [4.69, 9.17) is 5.11 Å². The first kappa shape index (κ1) is 13.9. The van der Waals surface area contributed by atoms with Gasteiger partial charge >= 0.3 is 5.97 Å². The van der Waals surface area contributed by atoms with Crippen LogP contribution in [0.25, 0.3) is 0 Å². The standard InChI is InChI=1S/C15H17N3O2S/c19-14(20)10-12-11-21-15(16-12)18-8-6-17(7-9-18)13-4-2-1-3-5-13/h1-5,11H,6-10H2,(H,19,20). The van der Waals surface area contributed by atoms with Crippen LogP contribution in [0.3, 0.4) is 0 Å². The zero-order valence-corrected chi connectivity index (χ0v) is 12.4. The van der Waals surface area contributed by atoms with Crippen LogP contribution in [0.15, 0.2) is 35.7 Å². The fraction of sp³-hybridized carbons (Fsp3) is 0.333. The Bertz CT molecular complexity index is 606. The topological polar surface area (TPSA) is 56.7 Å². The van der Waals surface area contributed by atoms with Gasteiger partial charge in [-0.05, 0) is 12.1 Å². The van der Waals surface area contributed by atoms with E-state index >= 15 is 0 Å². The third-order valence-corrected chi connectivity index (χ3v) is 4.49. The Morgan fingerprint density at radius 1 is 1.14 bits per heavy atom. The van der Waals surface area contributed by atoms with Gasteiger partial charge in [-0.2, -0.15) is 0 Å². The lowest BCUT2D eigenvalue weighted by Crippen LogP contribution is -2.46. The van der Waals surface area contributed by atoms with Crippen LogP contribution >= 0.6 is 11.3 Å². The minimum absolute atomic E-state index is 0.000477. The van der Waals surface area contributed by atoms with Crippen LogP contribution in [0.2, 0.25) is 0 Å². The molecule has 0 spiro atoms. The van der Waals surface area contributed by atoms with Gasteiger partial charge in [-0.3, -0.25) is 4.79 Å². The van der Waals surface area contributed by atoms with Gasteiger partial charge in [-0.15, -0.1) is 11.3 Å². The summed E-state index contributed by atoms with van der Waals surface area (Å²) in [5, 5.41) is 11.6. The monoisotopic (exact) mass is 303 g/mol. The third kappa shape index (κ3) is 3.33. The first-order valence-corrected chi connectivity index (χ1v) is 7.81. The quantitative estimate of drug-likeness (QED) is 0.937. The van der Waals surface area contributed by atoms with Gasteiger partial charge in [0.15, 0.2) is 5.13 Å². The van der Waals surface area contributed by atoms with Crippen molar-refractivity contribution in [2.75, 3.05) is 36.0 Å². The van der Waals surface area contributed by atoms with Crippen LogP contribution < -0.4 is 9.80 Å². The molecule has 1 N–H and O–H groups in total. The van der Waals surface area contributed by atoms with E-state index in [-0.39, 0.29) is 6.42 Å². The van der Waals surface area contributed by atoms with Crippen molar-refractivity contribution in [3.8, 4) is 0 Å². The molecule has 0 radical (unpaired) electrons. The number of carboxylic acid groups (broad SMARTS) is 1. The maximum absolute atomic E-state index is 10.7. The highest BCUT2D eigenvalue weighted by atomic mass is 32.1. The summed E-state index contributed by atoms with van der Waals surface area (Å²) < 4.78 is 0. The molecule has 0 aliphatic carbocycles. The zero-order valence-electron chi connectivity index (χ0n) is 11.6. The predicted molar refractivity (Wildman–Crippen MR) is 84.3 cm³/mol. The molecule has 6 heteroatoms. The first-order valence-electron chi connectivity index (χ1n) is 6.93. The van der Waals surface area contributed by atoms with Crippen molar-refractivity contribution < 1.29 is 9.90 Å². The number of carboxylic acids is 1. The minimum Gasteiger partial charge on any atom is -0.481 e. The van der Waals surface area contributed by atoms with Crippen LogP contribution in [0, 0.1) is 0 Å². The summed E-state index contributed by atoms with van der Waals surface area (Å²) >= 11 is 1.53. The van der Waals surface area contributed by atoms with Crippen LogP contribution in [-0.4, -0.2) is 42.2 Å². The normalized spacial score (nSPS) is 15.2. The van der Waals surface area contributed by atoms with E-state index in [1.807, 2.05) is 11.4 Å². The number of hydrogen-bond acceptors (Lipinski definition) is 5. The fourth-order valence-corrected chi connectivity index (χ4v) is 3.35. The van der Waals surface area contributed by atoms with Crippen molar-refractivity contribution in [3.63, 3.8) is 0 Å². The van der Waals surface area contributed by atoms with E-state index in [9.17, 15) is 4.79 Å². The number of nitrogens with zero attached hydrogens (tertiary/aromatic N) is 3. The van der Waals surface area contributed by atoms with Crippen LogP contribution in [0.1, 0.15) is 5.69 Å². The van der Waals surface area contributed by atoms with Gasteiger partial charge in [0.2, 0.25) is 0 Å². The molecule has 2 aromatic rings. The highest BCUT2D eigenvalue weighted by molar-refractivity contribution is 7.13. The fourth-order valence-electron chi connectivity index (χ4n) is 2.47. The second-order valence-corrected chi connectivity index (χ2v) is 5.84. The van der Waals surface area contributed by atoms with Crippen LogP contribution in [0.4, 0.5) is 10.8 Å². The lowest BCUT2D eigenvalue weighted by atomic mass is 10.2. The highest BCUT2D eigenvalue weighted by Gasteiger charge is 2.19. The number of piperazine rings is 1. The van der Waals surface area contributed by atoms with Crippen LogP contribution in [0.5, 0.6) is 0 Å². The number of aliphatic carboxylic acids is 1. The SMILES string of the molecule is O=C(O)Cc1csc(N2CCN(c3ccccc3)CC2)n1. The number of hydrogen-bond donors (Lipinski definition) is 1. The second-order valence-electron chi connectivity index (χ2n) is 5.00. The molecule has 1 fully saturated rings. The van der Waals surface area contributed by atoms with Crippen molar-refractivity contribution in [3.05, 3.63) is 41.4 Å². The second kappa shape index (κ2) is 6.13. The van der Waals surface area contributed by atoms with Gasteiger partial charge in [0, 0.05) is 37.2 Å². The maximum atomic E-state index is 10.7. The molecule has 0 atom stereocenters. The smallest absolute Gasteiger partial charge is 0.309 e. The first-order chi connectivity index (χ1) is 10.2. The van der Waals surface area contributed by atoms with E-state index in [2.05, 4.69) is 39.0 Å². The number of aromatic nitrogens is 1. The molecular formula is C15H17N3O2S. The van der Waals surface area contributed by atoms with Crippen molar-refractivity contribution >= 4 is 28.1 Å². The Morgan fingerprint density at radius 3 is 2.48 bits per heavy atom. The van der Waals surface area contributed by atoms with Gasteiger partial charge in [-0.25, -0.2) is 4.98 Å². The summed E-state index contributed by atoms with van der Waals surface area (Å²) in [7, 11) is 0. The van der Waals surface area contributed by atoms with Crippen LogP contribution in [-0.2, 0) is 11.2 Å². The van der Waals surface area contributed by atoms with Gasteiger partial charge in [0.1, 0.15) is 0 Å². The number of carbonyl (C=O) groups is 1. The molecule has 0 saturated carbocycles. The Hall–Kier alpha value is -2.08. The zero-order chi connectivity index (χ0) is 14.7. The van der Waals surface area contributed by atoms with Crippen molar-refractivity contribution in [1.82, 2.24) is 4.98 Å². The van der Waals surface area contributed by atoms with Crippen molar-refractivity contribution in [1.29, 1.82) is 0 Å². The molecule has 1 aliphatic heterocycles. The molecule has 1 aromatic heterocycles. The number of anilines is 2. The molecule has 110 valence electrons. The average molecular weight is 303 g/mol. The Labute approximate surface area is 127 Å². The molecule has 1 aromatic carbocycles. The maximum Gasteiger partial charge on any atom is 0.309 e. The molecule has 0 unspecified atom stereocenters. The number of rotatable bonds is 4. The lowest BCUT2D eigenvalue weighted by molar-refractivity contribution is -0.136. The predicted octanol–water partition coefficient (Wildman–Crippen LogP) is 2.10. The Morgan fingerprint density at radius 2 is 1.81 bits per heavy atom. The molecule has 1 aliphatic rings. The van der Waals surface area contributed by atoms with Gasteiger partial charge in [0.25, 0.3) is 0 Å². The van der Waals surface area contributed by atoms with Gasteiger partial charge < -0.3 is 14.9 Å².